The Morgan fingerprint density at radius 1 is 1.15 bits per heavy atom. The Morgan fingerprint density at radius 2 is 2.00 bits per heavy atom. The number of halogens is 1. The Labute approximate surface area is 121 Å². The molecule has 0 unspecified atom stereocenters. The average Bonchev–Trinajstić information content (AvgIpc) is 3.12. The van der Waals surface area contributed by atoms with E-state index in [1.54, 1.807) is 0 Å². The molecule has 1 aromatic heterocycles. The van der Waals surface area contributed by atoms with Crippen LogP contribution in [-0.4, -0.2) is 9.97 Å². The summed E-state index contributed by atoms with van der Waals surface area (Å²) in [5.41, 5.74) is 9.89. The van der Waals surface area contributed by atoms with E-state index in [4.69, 9.17) is 17.3 Å². The molecule has 0 amide bonds. The van der Waals surface area contributed by atoms with E-state index in [2.05, 4.69) is 16.0 Å². The van der Waals surface area contributed by atoms with Crippen molar-refractivity contribution in [3.63, 3.8) is 0 Å². The molecule has 2 aromatic carbocycles. The number of para-hydroxylation sites is 1. The number of aromatic amines is 1. The summed E-state index contributed by atoms with van der Waals surface area (Å²) in [5, 5.41) is 0.794. The second-order valence-corrected chi connectivity index (χ2v) is 5.80. The molecule has 20 heavy (non-hydrogen) atoms. The number of nitrogens with one attached hydrogen (secondary N) is 1. The number of rotatable bonds is 2. The number of benzene rings is 2. The molecule has 1 fully saturated rings. The second-order valence-electron chi connectivity index (χ2n) is 5.37. The van der Waals surface area contributed by atoms with Crippen LogP contribution in [0.1, 0.15) is 29.6 Å². The quantitative estimate of drug-likeness (QED) is 0.697. The van der Waals surface area contributed by atoms with Crippen LogP contribution >= 0.6 is 11.6 Å². The van der Waals surface area contributed by atoms with Crippen molar-refractivity contribution in [2.75, 3.05) is 5.73 Å². The van der Waals surface area contributed by atoms with Crippen molar-refractivity contribution in [3.8, 4) is 0 Å². The Balaban J connectivity index is 1.67. The molecule has 100 valence electrons. The molecule has 4 rings (SSSR count). The van der Waals surface area contributed by atoms with Crippen LogP contribution in [0.2, 0.25) is 5.02 Å². The third-order valence-corrected chi connectivity index (χ3v) is 4.22. The molecule has 1 aliphatic carbocycles. The van der Waals surface area contributed by atoms with Gasteiger partial charge in [-0.05, 0) is 42.2 Å². The number of imidazole rings is 1. The number of aromatic nitrogens is 2. The average molecular weight is 284 g/mol. The van der Waals surface area contributed by atoms with Gasteiger partial charge in [0.05, 0.1) is 16.7 Å². The molecule has 1 aliphatic rings. The lowest BCUT2D eigenvalue weighted by molar-refractivity contribution is 0.938. The molecule has 0 spiro atoms. The number of hydrogen-bond donors (Lipinski definition) is 2. The zero-order valence-corrected chi connectivity index (χ0v) is 11.6. The number of anilines is 1. The number of hydrogen-bond acceptors (Lipinski definition) is 2. The lowest BCUT2D eigenvalue weighted by Crippen LogP contribution is -1.87. The van der Waals surface area contributed by atoms with E-state index in [-0.39, 0.29) is 0 Å². The topological polar surface area (TPSA) is 54.7 Å². The second kappa shape index (κ2) is 4.25. The minimum absolute atomic E-state index is 0.445. The number of nitrogens with two attached hydrogens (primary N) is 1. The fourth-order valence-electron chi connectivity index (χ4n) is 2.85. The number of nitrogen functional groups attached to an aromatic ring is 1. The summed E-state index contributed by atoms with van der Waals surface area (Å²) >= 11 is 6.06. The summed E-state index contributed by atoms with van der Waals surface area (Å²) in [6.45, 7) is 0. The van der Waals surface area contributed by atoms with E-state index in [1.165, 1.54) is 5.56 Å². The maximum Gasteiger partial charge on any atom is 0.111 e. The van der Waals surface area contributed by atoms with E-state index in [9.17, 15) is 0 Å². The lowest BCUT2D eigenvalue weighted by Gasteiger charge is -1.99. The van der Waals surface area contributed by atoms with Gasteiger partial charge in [-0.15, -0.1) is 0 Å². The highest BCUT2D eigenvalue weighted by molar-refractivity contribution is 6.30. The summed E-state index contributed by atoms with van der Waals surface area (Å²) in [7, 11) is 0. The van der Waals surface area contributed by atoms with Crippen molar-refractivity contribution < 1.29 is 0 Å². The Hall–Kier alpha value is -2.00. The van der Waals surface area contributed by atoms with Gasteiger partial charge in [0.25, 0.3) is 0 Å². The van der Waals surface area contributed by atoms with Gasteiger partial charge < -0.3 is 10.7 Å². The van der Waals surface area contributed by atoms with Crippen molar-refractivity contribution in [2.24, 2.45) is 0 Å². The zero-order valence-electron chi connectivity index (χ0n) is 10.8. The Morgan fingerprint density at radius 3 is 2.80 bits per heavy atom. The molecular formula is C16H14ClN3. The van der Waals surface area contributed by atoms with Crippen LogP contribution in [0.3, 0.4) is 0 Å². The van der Waals surface area contributed by atoms with Crippen molar-refractivity contribution in [3.05, 3.63) is 58.9 Å². The molecule has 0 saturated heterocycles. The summed E-state index contributed by atoms with van der Waals surface area (Å²) in [4.78, 5) is 8.04. The predicted molar refractivity (Wildman–Crippen MR) is 82.1 cm³/mol. The van der Waals surface area contributed by atoms with Crippen LogP contribution in [-0.2, 0) is 0 Å². The largest absolute Gasteiger partial charge is 0.397 e. The van der Waals surface area contributed by atoms with Gasteiger partial charge in [-0.25, -0.2) is 4.98 Å². The Kier molecular flexibility index (Phi) is 2.51. The number of fused-ring (bicyclic) bond motifs is 1. The lowest BCUT2D eigenvalue weighted by atomic mass is 10.1. The van der Waals surface area contributed by atoms with Gasteiger partial charge in [-0.1, -0.05) is 29.8 Å². The fourth-order valence-corrected chi connectivity index (χ4v) is 3.05. The Bertz CT molecular complexity index is 793. The van der Waals surface area contributed by atoms with Crippen molar-refractivity contribution in [1.82, 2.24) is 9.97 Å². The van der Waals surface area contributed by atoms with Gasteiger partial charge in [-0.2, -0.15) is 0 Å². The summed E-state index contributed by atoms with van der Waals surface area (Å²) in [6.07, 6.45) is 1.11. The molecule has 0 aliphatic heterocycles. The number of nitrogens with zero attached hydrogens (tertiary/aromatic N) is 1. The number of H-pyrrole nitrogens is 1. The first kappa shape index (κ1) is 11.8. The van der Waals surface area contributed by atoms with Crippen LogP contribution in [0.25, 0.3) is 11.0 Å². The molecule has 3 aromatic rings. The van der Waals surface area contributed by atoms with Gasteiger partial charge in [0.1, 0.15) is 5.82 Å². The first-order valence-electron chi connectivity index (χ1n) is 6.72. The summed E-state index contributed by atoms with van der Waals surface area (Å²) < 4.78 is 0. The van der Waals surface area contributed by atoms with Gasteiger partial charge >= 0.3 is 0 Å². The molecule has 1 heterocycles. The fraction of sp³-hybridized carbons (Fsp3) is 0.188. The van der Waals surface area contributed by atoms with Gasteiger partial charge in [0.2, 0.25) is 0 Å². The monoisotopic (exact) mass is 283 g/mol. The minimum Gasteiger partial charge on any atom is -0.397 e. The highest BCUT2D eigenvalue weighted by Gasteiger charge is 2.41. The van der Waals surface area contributed by atoms with Gasteiger partial charge in [-0.3, -0.25) is 0 Å². The first-order valence-corrected chi connectivity index (χ1v) is 7.10. The third kappa shape index (κ3) is 1.86. The standard InChI is InChI=1S/C16H14ClN3/c17-10-4-1-3-9(7-10)11-8-12(11)16-19-14-6-2-5-13(18)15(14)20-16/h1-7,11-12H,8,18H2,(H,19,20)/t11-,12+/m1/s1. The van der Waals surface area contributed by atoms with Gasteiger partial charge in [0, 0.05) is 10.9 Å². The molecule has 0 bridgehead atoms. The van der Waals surface area contributed by atoms with Crippen LogP contribution in [0.4, 0.5) is 5.69 Å². The smallest absolute Gasteiger partial charge is 0.111 e. The van der Waals surface area contributed by atoms with E-state index in [0.29, 0.717) is 11.8 Å². The van der Waals surface area contributed by atoms with E-state index in [0.717, 1.165) is 34.0 Å². The van der Waals surface area contributed by atoms with Crippen LogP contribution < -0.4 is 5.73 Å². The van der Waals surface area contributed by atoms with Crippen LogP contribution in [0, 0.1) is 0 Å². The highest BCUT2D eigenvalue weighted by Crippen LogP contribution is 2.54. The van der Waals surface area contributed by atoms with Crippen LogP contribution in [0.15, 0.2) is 42.5 Å². The summed E-state index contributed by atoms with van der Waals surface area (Å²) in [6, 6.07) is 13.9. The third-order valence-electron chi connectivity index (χ3n) is 3.99. The SMILES string of the molecule is Nc1cccc2nc([C@H]3C[C@@H]3c3cccc(Cl)c3)[nH]c12. The predicted octanol–water partition coefficient (Wildman–Crippen LogP) is 4.07. The maximum absolute atomic E-state index is 6.06. The van der Waals surface area contributed by atoms with Crippen molar-refractivity contribution >= 4 is 28.3 Å². The van der Waals surface area contributed by atoms with Crippen LogP contribution in [0.5, 0.6) is 0 Å². The molecule has 4 heteroatoms. The highest BCUT2D eigenvalue weighted by atomic mass is 35.5. The first-order chi connectivity index (χ1) is 9.72. The minimum atomic E-state index is 0.445. The molecule has 2 atom stereocenters. The molecule has 3 nitrogen and oxygen atoms in total. The molecule has 0 radical (unpaired) electrons. The molecule has 3 N–H and O–H groups in total. The molecule has 1 saturated carbocycles. The van der Waals surface area contributed by atoms with E-state index >= 15 is 0 Å². The normalized spacial score (nSPS) is 21.2. The van der Waals surface area contributed by atoms with Crippen molar-refractivity contribution in [1.29, 1.82) is 0 Å². The van der Waals surface area contributed by atoms with Crippen molar-refractivity contribution in [2.45, 2.75) is 18.3 Å². The maximum atomic E-state index is 6.06. The van der Waals surface area contributed by atoms with E-state index in [1.807, 2.05) is 36.4 Å². The zero-order chi connectivity index (χ0) is 13.7. The molecular weight excluding hydrogens is 270 g/mol. The van der Waals surface area contributed by atoms with Gasteiger partial charge in [0.15, 0.2) is 0 Å². The summed E-state index contributed by atoms with van der Waals surface area (Å²) in [5.74, 6) is 1.98. The van der Waals surface area contributed by atoms with E-state index < -0.39 is 0 Å².